The van der Waals surface area contributed by atoms with Crippen LogP contribution in [0.2, 0.25) is 0 Å². The van der Waals surface area contributed by atoms with Gasteiger partial charge in [0, 0.05) is 50.3 Å². The summed E-state index contributed by atoms with van der Waals surface area (Å²) in [5.41, 5.74) is 2.08. The van der Waals surface area contributed by atoms with E-state index in [9.17, 15) is 27.6 Å². The molecular formula is C29H32F3N5O4. The molecule has 41 heavy (non-hydrogen) atoms. The van der Waals surface area contributed by atoms with E-state index in [1.807, 2.05) is 30.3 Å². The third-order valence-electron chi connectivity index (χ3n) is 7.94. The van der Waals surface area contributed by atoms with Crippen molar-refractivity contribution in [1.29, 1.82) is 0 Å². The van der Waals surface area contributed by atoms with Crippen LogP contribution in [-0.4, -0.2) is 70.3 Å². The average molecular weight is 572 g/mol. The summed E-state index contributed by atoms with van der Waals surface area (Å²) < 4.78 is 50.0. The molecule has 0 saturated carbocycles. The highest BCUT2D eigenvalue weighted by atomic mass is 19.4. The molecule has 3 amide bonds. The molecule has 2 saturated heterocycles. The number of carbonyl (C=O) groups is 3. The second-order valence-electron chi connectivity index (χ2n) is 10.7. The highest BCUT2D eigenvalue weighted by Gasteiger charge is 2.56. The van der Waals surface area contributed by atoms with Crippen molar-refractivity contribution in [2.45, 2.75) is 51.7 Å². The minimum atomic E-state index is -4.93. The second-order valence-corrected chi connectivity index (χ2v) is 10.7. The minimum Gasteiger partial charge on any atom is -0.471 e. The molecule has 218 valence electrons. The van der Waals surface area contributed by atoms with Crippen LogP contribution in [-0.2, 0) is 11.3 Å². The molecule has 0 aliphatic carbocycles. The van der Waals surface area contributed by atoms with Crippen molar-refractivity contribution in [2.24, 2.45) is 5.92 Å². The summed E-state index contributed by atoms with van der Waals surface area (Å²) in [6.45, 7) is 4.33. The minimum absolute atomic E-state index is 0.0124. The Balaban J connectivity index is 1.56. The standard InChI is InChI=1S/C29H32F3N5O4/c1-18-16-41-17-22(18)26(38)37-25(34(3)15-20-9-5-4-6-10-20)19(2)24(33-37)21-11-14-36(27(39)23(21)29(30,31)32)28(40)35-12-7-8-13-35/h4-6,9-10,16-17,21,23H,7-8,11-15H2,1-3H3. The first-order chi connectivity index (χ1) is 19.5. The Hall–Kier alpha value is -4.09. The number of halogens is 3. The van der Waals surface area contributed by atoms with Gasteiger partial charge in [0.2, 0.25) is 5.91 Å². The summed E-state index contributed by atoms with van der Waals surface area (Å²) in [5.74, 6) is -5.36. The highest BCUT2D eigenvalue weighted by Crippen LogP contribution is 2.45. The lowest BCUT2D eigenvalue weighted by molar-refractivity contribution is -0.197. The smallest absolute Gasteiger partial charge is 0.401 e. The number of hydrogen-bond acceptors (Lipinski definition) is 6. The SMILES string of the molecule is Cc1cocc1C(=O)n1nc(C2CCN(C(=O)N3CCCC3)C(=O)C2C(F)(F)F)c(C)c1N(C)Cc1ccccc1. The van der Waals surface area contributed by atoms with E-state index >= 15 is 0 Å². The zero-order chi connectivity index (χ0) is 29.5. The van der Waals surface area contributed by atoms with Crippen molar-refractivity contribution >= 4 is 23.7 Å². The molecule has 2 aliphatic heterocycles. The van der Waals surface area contributed by atoms with Gasteiger partial charge in [-0.05, 0) is 38.7 Å². The van der Waals surface area contributed by atoms with Crippen molar-refractivity contribution < 1.29 is 32.0 Å². The van der Waals surface area contributed by atoms with E-state index in [1.54, 1.807) is 25.8 Å². The van der Waals surface area contributed by atoms with Crippen LogP contribution in [0.4, 0.5) is 23.8 Å². The van der Waals surface area contributed by atoms with Crippen LogP contribution >= 0.6 is 0 Å². The molecule has 2 atom stereocenters. The number of aryl methyl sites for hydroxylation is 1. The molecule has 0 radical (unpaired) electrons. The number of carbonyl (C=O) groups excluding carboxylic acids is 3. The van der Waals surface area contributed by atoms with Gasteiger partial charge in [-0.25, -0.2) is 4.79 Å². The normalized spacial score (nSPS) is 19.6. The van der Waals surface area contributed by atoms with E-state index in [1.165, 1.54) is 17.4 Å². The van der Waals surface area contributed by atoms with Gasteiger partial charge in [0.15, 0.2) is 0 Å². The maximum absolute atomic E-state index is 14.6. The first-order valence-corrected chi connectivity index (χ1v) is 13.6. The van der Waals surface area contributed by atoms with E-state index in [0.29, 0.717) is 36.6 Å². The van der Waals surface area contributed by atoms with Gasteiger partial charge in [-0.15, -0.1) is 0 Å². The molecule has 5 rings (SSSR count). The summed E-state index contributed by atoms with van der Waals surface area (Å²) in [5, 5.41) is 4.46. The Morgan fingerprint density at radius 2 is 1.76 bits per heavy atom. The number of amides is 3. The van der Waals surface area contributed by atoms with Gasteiger partial charge in [-0.2, -0.15) is 23.0 Å². The van der Waals surface area contributed by atoms with Crippen LogP contribution < -0.4 is 4.90 Å². The number of alkyl halides is 3. The number of piperidine rings is 1. The molecule has 2 aliphatic rings. The quantitative estimate of drug-likeness (QED) is 0.422. The fourth-order valence-corrected chi connectivity index (χ4v) is 5.89. The monoisotopic (exact) mass is 571 g/mol. The molecule has 12 heteroatoms. The van der Waals surface area contributed by atoms with Crippen molar-refractivity contribution in [2.75, 3.05) is 31.6 Å². The lowest BCUT2D eigenvalue weighted by Crippen LogP contribution is -2.55. The zero-order valence-corrected chi connectivity index (χ0v) is 23.1. The summed E-state index contributed by atoms with van der Waals surface area (Å²) in [6, 6.07) is 8.74. The molecule has 4 heterocycles. The number of rotatable bonds is 5. The number of anilines is 1. The molecule has 9 nitrogen and oxygen atoms in total. The van der Waals surface area contributed by atoms with E-state index < -0.39 is 35.9 Å². The molecule has 0 spiro atoms. The predicted molar refractivity (Wildman–Crippen MR) is 144 cm³/mol. The number of likely N-dealkylation sites (tertiary alicyclic amines) is 2. The lowest BCUT2D eigenvalue weighted by Gasteiger charge is -2.38. The van der Waals surface area contributed by atoms with E-state index in [-0.39, 0.29) is 24.2 Å². The molecule has 0 bridgehead atoms. The fraction of sp³-hybridized carbons (Fsp3) is 0.448. The van der Waals surface area contributed by atoms with Crippen LogP contribution in [0.25, 0.3) is 0 Å². The molecule has 1 aromatic carbocycles. The Labute approximate surface area is 235 Å². The fourth-order valence-electron chi connectivity index (χ4n) is 5.89. The summed E-state index contributed by atoms with van der Waals surface area (Å²) in [7, 11) is 1.73. The Morgan fingerprint density at radius 3 is 2.37 bits per heavy atom. The molecular weight excluding hydrogens is 539 g/mol. The van der Waals surface area contributed by atoms with Crippen molar-refractivity contribution in [1.82, 2.24) is 19.6 Å². The van der Waals surface area contributed by atoms with E-state index in [2.05, 4.69) is 5.10 Å². The molecule has 0 N–H and O–H groups in total. The third-order valence-corrected chi connectivity index (χ3v) is 7.94. The summed E-state index contributed by atoms with van der Waals surface area (Å²) in [6.07, 6.45) is -0.876. The van der Waals surface area contributed by atoms with Crippen LogP contribution in [0.1, 0.15) is 57.9 Å². The van der Waals surface area contributed by atoms with Gasteiger partial charge in [0.25, 0.3) is 5.91 Å². The lowest BCUT2D eigenvalue weighted by atomic mass is 9.80. The maximum atomic E-state index is 14.6. The number of hydrogen-bond donors (Lipinski definition) is 0. The van der Waals surface area contributed by atoms with Crippen LogP contribution in [0.5, 0.6) is 0 Å². The number of urea groups is 1. The average Bonchev–Trinajstić information content (AvgIpc) is 3.68. The van der Waals surface area contributed by atoms with Gasteiger partial charge in [-0.3, -0.25) is 14.5 Å². The number of imide groups is 1. The topological polar surface area (TPSA) is 91.9 Å². The maximum Gasteiger partial charge on any atom is 0.401 e. The number of aromatic nitrogens is 2. The first kappa shape index (κ1) is 28.4. The summed E-state index contributed by atoms with van der Waals surface area (Å²) in [4.78, 5) is 43.8. The Morgan fingerprint density at radius 1 is 1.07 bits per heavy atom. The number of furan rings is 1. The third kappa shape index (κ3) is 5.34. The molecule has 2 fully saturated rings. The predicted octanol–water partition coefficient (Wildman–Crippen LogP) is 5.13. The van der Waals surface area contributed by atoms with Crippen molar-refractivity contribution in [3.63, 3.8) is 0 Å². The van der Waals surface area contributed by atoms with Crippen LogP contribution in [0.15, 0.2) is 47.3 Å². The summed E-state index contributed by atoms with van der Waals surface area (Å²) >= 11 is 0. The molecule has 3 aromatic rings. The van der Waals surface area contributed by atoms with Gasteiger partial charge in [-0.1, -0.05) is 30.3 Å². The Kier molecular flexibility index (Phi) is 7.67. The van der Waals surface area contributed by atoms with Gasteiger partial charge >= 0.3 is 12.2 Å². The van der Waals surface area contributed by atoms with Gasteiger partial charge in [0.05, 0.1) is 17.5 Å². The van der Waals surface area contributed by atoms with Crippen molar-refractivity contribution in [3.8, 4) is 0 Å². The second kappa shape index (κ2) is 11.1. The van der Waals surface area contributed by atoms with Crippen LogP contribution in [0, 0.1) is 19.8 Å². The van der Waals surface area contributed by atoms with E-state index in [0.717, 1.165) is 28.0 Å². The van der Waals surface area contributed by atoms with Crippen molar-refractivity contribution in [3.05, 3.63) is 70.8 Å². The van der Waals surface area contributed by atoms with Gasteiger partial charge < -0.3 is 14.2 Å². The number of nitrogens with zero attached hydrogens (tertiary/aromatic N) is 5. The zero-order valence-electron chi connectivity index (χ0n) is 23.1. The largest absolute Gasteiger partial charge is 0.471 e. The van der Waals surface area contributed by atoms with Gasteiger partial charge in [0.1, 0.15) is 18.0 Å². The van der Waals surface area contributed by atoms with E-state index in [4.69, 9.17) is 4.42 Å². The number of benzene rings is 1. The molecule has 2 unspecified atom stereocenters. The Bertz CT molecular complexity index is 1440. The highest BCUT2D eigenvalue weighted by molar-refractivity contribution is 5.99. The first-order valence-electron chi connectivity index (χ1n) is 13.6. The molecule has 2 aromatic heterocycles. The van der Waals surface area contributed by atoms with Crippen LogP contribution in [0.3, 0.4) is 0 Å².